The van der Waals surface area contributed by atoms with Gasteiger partial charge in [-0.15, -0.1) is 0 Å². The molecule has 46 heavy (non-hydrogen) atoms. The van der Waals surface area contributed by atoms with E-state index in [9.17, 15) is 29.1 Å². The minimum Gasteiger partial charge on any atom is -0.469 e. The first kappa shape index (κ1) is 34.0. The van der Waals surface area contributed by atoms with Gasteiger partial charge in [-0.25, -0.2) is 0 Å². The maximum absolute atomic E-state index is 16.3. The van der Waals surface area contributed by atoms with Gasteiger partial charge < -0.3 is 33.2 Å². The molecule has 0 bridgehead atoms. The molecule has 1 aromatic carbocycles. The number of esters is 2. The number of nitrogens with zero attached hydrogens (tertiary/aromatic N) is 3. The van der Waals surface area contributed by atoms with Crippen molar-refractivity contribution in [2.45, 2.75) is 101 Å². The van der Waals surface area contributed by atoms with Crippen LogP contribution in [0.25, 0.3) is 0 Å². The van der Waals surface area contributed by atoms with Crippen molar-refractivity contribution in [2.75, 3.05) is 36.6 Å². The van der Waals surface area contributed by atoms with Crippen molar-refractivity contribution in [2.24, 2.45) is 5.92 Å². The van der Waals surface area contributed by atoms with E-state index >= 15 is 4.11 Å². The highest BCUT2D eigenvalue weighted by molar-refractivity contribution is 6.72. The van der Waals surface area contributed by atoms with E-state index < -0.39 is 43.8 Å². The lowest BCUT2D eigenvalue weighted by Gasteiger charge is -2.39. The predicted octanol–water partition coefficient (Wildman–Crippen LogP) is 3.15. The van der Waals surface area contributed by atoms with E-state index in [4.69, 9.17) is 14.2 Å². The molecule has 12 nitrogen and oxygen atoms in total. The fourth-order valence-corrected chi connectivity index (χ4v) is 10.4. The number of amides is 3. The van der Waals surface area contributed by atoms with Gasteiger partial charge in [-0.3, -0.25) is 28.9 Å². The average Bonchev–Trinajstić information content (AvgIpc) is 3.64. The van der Waals surface area contributed by atoms with Crippen LogP contribution in [0.3, 0.4) is 0 Å². The lowest BCUT2D eigenvalue weighted by molar-refractivity contribution is -0.154. The Morgan fingerprint density at radius 2 is 1.93 bits per heavy atom. The number of anilines is 2. The quantitative estimate of drug-likeness (QED) is 0.124. The molecule has 4 heterocycles. The van der Waals surface area contributed by atoms with Gasteiger partial charge in [0.2, 0.25) is 20.2 Å². The smallest absolute Gasteiger partial charge is 0.305 e. The molecule has 1 aromatic rings. The Kier molecular flexibility index (Phi) is 9.63. The number of aliphatic hydroxyl groups excluding tert-OH is 1. The third-order valence-electron chi connectivity index (χ3n) is 9.95. The number of hydrogen-bond donors (Lipinski definition) is 1. The minimum absolute atomic E-state index is 0.0270. The molecule has 3 amide bonds. The van der Waals surface area contributed by atoms with Crippen molar-refractivity contribution in [1.29, 1.82) is 0 Å². The molecule has 0 radical (unpaired) electrons. The molecule has 0 aromatic heterocycles. The average molecular weight is 662 g/mol. The Labute approximate surface area is 269 Å². The van der Waals surface area contributed by atoms with Crippen LogP contribution < -0.4 is 9.80 Å². The summed E-state index contributed by atoms with van der Waals surface area (Å²) in [5.74, 6) is -2.44. The first-order chi connectivity index (χ1) is 21.7. The number of fused-ring (bicyclic) bond motifs is 2. The fraction of sp³-hybridized carbons (Fsp3) is 0.656. The molecule has 0 aliphatic carbocycles. The third-order valence-corrected chi connectivity index (χ3v) is 12.4. The third kappa shape index (κ3) is 5.94. The molecule has 0 saturated carbocycles. The van der Waals surface area contributed by atoms with Gasteiger partial charge in [-0.2, -0.15) is 0 Å². The topological polar surface area (TPSA) is 143 Å². The summed E-state index contributed by atoms with van der Waals surface area (Å²) >= 11 is 0. The zero-order valence-electron chi connectivity index (χ0n) is 27.1. The van der Waals surface area contributed by atoms with Crippen molar-refractivity contribution in [3.63, 3.8) is 0 Å². The molecule has 5 rings (SSSR count). The van der Waals surface area contributed by atoms with E-state index in [1.165, 1.54) is 18.9 Å². The molecule has 4 aliphatic heterocycles. The summed E-state index contributed by atoms with van der Waals surface area (Å²) in [7, 11) is -2.24. The molecular weight excluding hydrogens is 617 g/mol. The summed E-state index contributed by atoms with van der Waals surface area (Å²) in [6.45, 7) is 6.77. The Hall–Kier alpha value is -3.36. The number of rotatable bonds is 11. The van der Waals surface area contributed by atoms with E-state index in [2.05, 4.69) is 0 Å². The zero-order chi connectivity index (χ0) is 33.6. The van der Waals surface area contributed by atoms with E-state index in [-0.39, 0.29) is 62.1 Å². The predicted molar refractivity (Wildman–Crippen MR) is 167 cm³/mol. The molecule has 1 spiro atoms. The van der Waals surface area contributed by atoms with E-state index in [0.717, 1.165) is 6.42 Å². The molecule has 14 heteroatoms. The number of halogens is 1. The number of carbonyl (C=O) groups excluding carboxylic acids is 5. The number of ether oxygens (including phenoxy) is 3. The van der Waals surface area contributed by atoms with Crippen LogP contribution in [0.1, 0.15) is 64.4 Å². The van der Waals surface area contributed by atoms with Gasteiger partial charge >= 0.3 is 11.9 Å². The molecule has 252 valence electrons. The number of methoxy groups -OCH3 is 1. The van der Waals surface area contributed by atoms with Crippen LogP contribution in [-0.4, -0.2) is 93.3 Å². The van der Waals surface area contributed by atoms with E-state index in [0.29, 0.717) is 42.7 Å². The summed E-state index contributed by atoms with van der Waals surface area (Å²) in [5.41, 5.74) is -0.937. The van der Waals surface area contributed by atoms with Crippen LogP contribution in [0.2, 0.25) is 18.6 Å². The highest BCUT2D eigenvalue weighted by atomic mass is 28.4. The van der Waals surface area contributed by atoms with Crippen molar-refractivity contribution in [1.82, 2.24) is 4.90 Å². The lowest BCUT2D eigenvalue weighted by atomic mass is 9.82. The Morgan fingerprint density at radius 1 is 1.20 bits per heavy atom. The maximum Gasteiger partial charge on any atom is 0.305 e. The standard InChI is InChI=1S/C32H44FN3O9Si/c1-19-30(46(4,5)33)25(16-26(39)34-14-8-9-22(34)18-37)45-32(19)23-15-21(36-27(40)17-28(36)44-20(2)38)11-12-24(23)35(31(32)42)13-7-6-10-29(41)43-3/h11-12,15,19,22,25,28,30,37H,6-10,13-14,16-18H2,1-5H3/t19-,22+,25+,28?,30-,32+/m1/s1. The summed E-state index contributed by atoms with van der Waals surface area (Å²) in [6.07, 6.45) is 0.812. The number of likely N-dealkylation sites (tertiary alicyclic amines) is 1. The maximum atomic E-state index is 16.3. The summed E-state index contributed by atoms with van der Waals surface area (Å²) < 4.78 is 33.1. The second-order valence-corrected chi connectivity index (χ2v) is 17.1. The monoisotopic (exact) mass is 661 g/mol. The number of hydrogen-bond acceptors (Lipinski definition) is 9. The number of aliphatic hydroxyl groups is 1. The van der Waals surface area contributed by atoms with Crippen LogP contribution in [0, 0.1) is 5.92 Å². The highest BCUT2D eigenvalue weighted by Gasteiger charge is 2.67. The normalized spacial score (nSPS) is 28.9. The largest absolute Gasteiger partial charge is 0.469 e. The van der Waals surface area contributed by atoms with Crippen molar-refractivity contribution >= 4 is 49.4 Å². The van der Waals surface area contributed by atoms with Crippen molar-refractivity contribution < 1.29 is 47.4 Å². The van der Waals surface area contributed by atoms with Gasteiger partial charge in [-0.05, 0) is 57.0 Å². The minimum atomic E-state index is -3.56. The summed E-state index contributed by atoms with van der Waals surface area (Å²) in [4.78, 5) is 68.8. The molecule has 1 unspecified atom stereocenters. The van der Waals surface area contributed by atoms with Crippen LogP contribution in [0.15, 0.2) is 18.2 Å². The highest BCUT2D eigenvalue weighted by Crippen LogP contribution is 2.60. The summed E-state index contributed by atoms with van der Waals surface area (Å²) in [5, 5.41) is 9.82. The molecule has 3 fully saturated rings. The van der Waals surface area contributed by atoms with E-state index in [1.54, 1.807) is 48.0 Å². The van der Waals surface area contributed by atoms with Crippen LogP contribution >= 0.6 is 0 Å². The number of unbranched alkanes of at least 4 members (excludes halogenated alkanes) is 1. The van der Waals surface area contributed by atoms with Gasteiger partial charge in [-0.1, -0.05) is 6.92 Å². The first-order valence-electron chi connectivity index (χ1n) is 16.0. The van der Waals surface area contributed by atoms with E-state index in [1.807, 2.05) is 0 Å². The van der Waals surface area contributed by atoms with Gasteiger partial charge in [0, 0.05) is 49.1 Å². The lowest BCUT2D eigenvalue weighted by Crippen LogP contribution is -2.55. The number of β-lactam (4-membered cyclic amide) rings is 1. The van der Waals surface area contributed by atoms with Gasteiger partial charge in [0.15, 0.2) is 11.8 Å². The van der Waals surface area contributed by atoms with Crippen LogP contribution in [0.5, 0.6) is 0 Å². The first-order valence-corrected chi connectivity index (χ1v) is 19.0. The Morgan fingerprint density at radius 3 is 2.57 bits per heavy atom. The van der Waals surface area contributed by atoms with Crippen LogP contribution in [0.4, 0.5) is 15.5 Å². The van der Waals surface area contributed by atoms with Crippen LogP contribution in [-0.2, 0) is 43.8 Å². The van der Waals surface area contributed by atoms with Crippen molar-refractivity contribution in [3.8, 4) is 0 Å². The molecule has 3 saturated heterocycles. The second kappa shape index (κ2) is 13.0. The molecule has 1 N–H and O–H groups in total. The summed E-state index contributed by atoms with van der Waals surface area (Å²) in [6, 6.07) is 4.77. The van der Waals surface area contributed by atoms with Crippen molar-refractivity contribution in [3.05, 3.63) is 23.8 Å². The van der Waals surface area contributed by atoms with Gasteiger partial charge in [0.1, 0.15) is 0 Å². The number of carbonyl (C=O) groups is 5. The second-order valence-electron chi connectivity index (χ2n) is 13.3. The molecular formula is C32H44FN3O9Si. The molecule has 6 atom stereocenters. The SMILES string of the molecule is COC(=O)CCCCN1C(=O)[C@@]2(O[C@@H](CC(=O)N3CCC[C@H]3CO)[C@H]([Si](C)(C)F)[C@H]2C)c2cc(N3C(=O)CC3OC(C)=O)ccc21. The Balaban J connectivity index is 1.53. The zero-order valence-corrected chi connectivity index (χ0v) is 28.1. The fourth-order valence-electron chi connectivity index (χ4n) is 7.88. The Bertz CT molecular complexity index is 1400. The van der Waals surface area contributed by atoms with Gasteiger partial charge in [0.25, 0.3) is 5.91 Å². The van der Waals surface area contributed by atoms with Gasteiger partial charge in [0.05, 0.1) is 44.4 Å². The number of benzene rings is 1. The molecule has 4 aliphatic rings.